The molecule has 0 atom stereocenters. The number of thiazole rings is 1. The van der Waals surface area contributed by atoms with Crippen molar-refractivity contribution < 1.29 is 4.42 Å². The number of nitrogen functional groups attached to an aromatic ring is 1. The first kappa shape index (κ1) is 10.9. The molecule has 0 aromatic carbocycles. The summed E-state index contributed by atoms with van der Waals surface area (Å²) in [7, 11) is 0. The van der Waals surface area contributed by atoms with Crippen molar-refractivity contribution in [2.45, 2.75) is 11.5 Å². The summed E-state index contributed by atoms with van der Waals surface area (Å²) < 4.78 is 5.23. The average Bonchev–Trinajstić information content (AvgIpc) is 2.76. The summed E-state index contributed by atoms with van der Waals surface area (Å²) in [6.07, 6.45) is 1.81. The number of furan rings is 1. The van der Waals surface area contributed by atoms with Crippen molar-refractivity contribution in [3.63, 3.8) is 0 Å². The monoisotopic (exact) mass is 260 g/mol. The molecule has 0 aliphatic carbocycles. The van der Waals surface area contributed by atoms with Crippen LogP contribution in [0.5, 0.6) is 0 Å². The summed E-state index contributed by atoms with van der Waals surface area (Å²) in [4.78, 5) is 5.16. The van der Waals surface area contributed by atoms with E-state index >= 15 is 0 Å². The Hall–Kier alpha value is -0.650. The fourth-order valence-electron chi connectivity index (χ4n) is 1.07. The van der Waals surface area contributed by atoms with E-state index in [9.17, 15) is 0 Å². The van der Waals surface area contributed by atoms with Gasteiger partial charge >= 0.3 is 0 Å². The predicted molar refractivity (Wildman–Crippen MR) is 65.2 cm³/mol. The van der Waals surface area contributed by atoms with E-state index in [0.717, 1.165) is 17.3 Å². The van der Waals surface area contributed by atoms with E-state index in [1.807, 2.05) is 12.3 Å². The molecule has 2 aromatic heterocycles. The third-order valence-corrected chi connectivity index (χ3v) is 3.91. The first-order valence-electron chi connectivity index (χ1n) is 4.26. The number of thioether (sulfide) groups is 1. The minimum atomic E-state index is 0.438. The second-order valence-electron chi connectivity index (χ2n) is 2.86. The number of hydrogen-bond donors (Lipinski definition) is 1. The number of nitrogens with two attached hydrogens (primary N) is 1. The molecule has 0 unspecified atom stereocenters. The van der Waals surface area contributed by atoms with Gasteiger partial charge in [-0.2, -0.15) is 0 Å². The molecule has 3 nitrogen and oxygen atoms in total. The molecule has 0 aliphatic heterocycles. The quantitative estimate of drug-likeness (QED) is 0.915. The Morgan fingerprint density at radius 3 is 2.93 bits per heavy atom. The van der Waals surface area contributed by atoms with E-state index in [0.29, 0.717) is 10.4 Å². The van der Waals surface area contributed by atoms with E-state index in [4.69, 9.17) is 21.8 Å². The second kappa shape index (κ2) is 4.92. The lowest BCUT2D eigenvalue weighted by Gasteiger charge is -1.95. The zero-order chi connectivity index (χ0) is 10.7. The highest BCUT2D eigenvalue weighted by Gasteiger charge is 2.02. The van der Waals surface area contributed by atoms with E-state index in [-0.39, 0.29) is 0 Å². The van der Waals surface area contributed by atoms with Gasteiger partial charge in [-0.25, -0.2) is 4.98 Å². The smallest absolute Gasteiger partial charge is 0.193 e. The van der Waals surface area contributed by atoms with Crippen LogP contribution in [0.3, 0.4) is 0 Å². The number of aromatic nitrogens is 1. The van der Waals surface area contributed by atoms with Crippen LogP contribution in [0, 0.1) is 0 Å². The van der Waals surface area contributed by atoms with Gasteiger partial charge in [-0.1, -0.05) is 0 Å². The Labute approximate surface area is 101 Å². The van der Waals surface area contributed by atoms with Gasteiger partial charge in [0.2, 0.25) is 0 Å². The summed E-state index contributed by atoms with van der Waals surface area (Å²) in [5.74, 6) is 2.60. The number of hydrogen-bond acceptors (Lipinski definition) is 5. The number of anilines is 1. The summed E-state index contributed by atoms with van der Waals surface area (Å²) in [6, 6.07) is 3.64. The lowest BCUT2D eigenvalue weighted by Crippen LogP contribution is -1.77. The summed E-state index contributed by atoms with van der Waals surface area (Å²) >= 11 is 8.93. The molecule has 0 amide bonds. The first-order chi connectivity index (χ1) is 7.24. The van der Waals surface area contributed by atoms with Gasteiger partial charge in [-0.15, -0.1) is 23.1 Å². The second-order valence-corrected chi connectivity index (χ2v) is 5.37. The van der Waals surface area contributed by atoms with Crippen LogP contribution < -0.4 is 5.73 Å². The summed E-state index contributed by atoms with van der Waals surface area (Å²) in [5.41, 5.74) is 5.53. The third-order valence-electron chi connectivity index (χ3n) is 1.69. The maximum absolute atomic E-state index is 5.66. The van der Waals surface area contributed by atoms with Gasteiger partial charge in [0.25, 0.3) is 0 Å². The van der Waals surface area contributed by atoms with Crippen LogP contribution in [0.4, 0.5) is 5.13 Å². The van der Waals surface area contributed by atoms with Crippen molar-refractivity contribution in [2.24, 2.45) is 0 Å². The van der Waals surface area contributed by atoms with Gasteiger partial charge in [0.1, 0.15) is 5.76 Å². The Kier molecular flexibility index (Phi) is 3.56. The molecule has 0 spiro atoms. The van der Waals surface area contributed by atoms with Crippen LogP contribution in [0.1, 0.15) is 10.6 Å². The number of nitrogens with zero attached hydrogens (tertiary/aromatic N) is 1. The van der Waals surface area contributed by atoms with E-state index in [2.05, 4.69) is 4.98 Å². The largest absolute Gasteiger partial charge is 0.449 e. The van der Waals surface area contributed by atoms with E-state index in [1.54, 1.807) is 17.8 Å². The van der Waals surface area contributed by atoms with Crippen molar-refractivity contribution in [1.82, 2.24) is 4.98 Å². The summed E-state index contributed by atoms with van der Waals surface area (Å²) in [5, 5.41) is 1.05. The third kappa shape index (κ3) is 3.15. The highest BCUT2D eigenvalue weighted by molar-refractivity contribution is 7.97. The Morgan fingerprint density at radius 1 is 1.47 bits per heavy atom. The van der Waals surface area contributed by atoms with Crippen molar-refractivity contribution in [1.29, 1.82) is 0 Å². The minimum Gasteiger partial charge on any atom is -0.449 e. The highest BCUT2D eigenvalue weighted by Crippen LogP contribution is 2.24. The van der Waals surface area contributed by atoms with Crippen LogP contribution in [0.2, 0.25) is 5.22 Å². The van der Waals surface area contributed by atoms with Gasteiger partial charge < -0.3 is 10.2 Å². The maximum atomic E-state index is 5.66. The summed E-state index contributed by atoms with van der Waals surface area (Å²) in [6.45, 7) is 0. The fourth-order valence-corrected chi connectivity index (χ4v) is 2.93. The Balaban J connectivity index is 1.80. The van der Waals surface area contributed by atoms with Gasteiger partial charge in [0, 0.05) is 16.8 Å². The van der Waals surface area contributed by atoms with Gasteiger partial charge in [0.05, 0.1) is 5.75 Å². The van der Waals surface area contributed by atoms with Gasteiger partial charge in [0.15, 0.2) is 10.4 Å². The number of rotatable bonds is 4. The zero-order valence-corrected chi connectivity index (χ0v) is 10.2. The normalized spacial score (nSPS) is 10.7. The zero-order valence-electron chi connectivity index (χ0n) is 7.77. The Bertz CT molecular complexity index is 401. The van der Waals surface area contributed by atoms with E-state index < -0.39 is 0 Å². The molecule has 0 saturated heterocycles. The van der Waals surface area contributed by atoms with Crippen LogP contribution >= 0.6 is 34.7 Å². The first-order valence-corrected chi connectivity index (χ1v) is 6.61. The molecule has 0 bridgehead atoms. The van der Waals surface area contributed by atoms with Crippen LogP contribution in [-0.4, -0.2) is 4.98 Å². The molecule has 0 saturated carbocycles. The fraction of sp³-hybridized carbons (Fsp3) is 0.222. The van der Waals surface area contributed by atoms with E-state index in [1.165, 1.54) is 16.2 Å². The maximum Gasteiger partial charge on any atom is 0.193 e. The topological polar surface area (TPSA) is 52.0 Å². The lowest BCUT2D eigenvalue weighted by atomic mass is 10.5. The molecular weight excluding hydrogens is 252 g/mol. The molecule has 2 N–H and O–H groups in total. The van der Waals surface area contributed by atoms with Crippen molar-refractivity contribution in [3.8, 4) is 0 Å². The average molecular weight is 261 g/mol. The predicted octanol–water partition coefficient (Wildman–Crippen LogP) is 3.41. The van der Waals surface area contributed by atoms with Gasteiger partial charge in [-0.05, 0) is 23.7 Å². The Morgan fingerprint density at radius 2 is 2.33 bits per heavy atom. The SMILES string of the molecule is Nc1ncc(CSCc2ccc(Cl)o2)s1. The molecule has 2 heterocycles. The minimum absolute atomic E-state index is 0.438. The van der Waals surface area contributed by atoms with Crippen molar-refractivity contribution >= 4 is 39.8 Å². The molecule has 15 heavy (non-hydrogen) atoms. The standard InChI is InChI=1S/C9H9ClN2OS2/c10-8-2-1-6(13-8)4-14-5-7-3-12-9(11)15-7/h1-3H,4-5H2,(H2,11,12). The molecule has 0 fully saturated rings. The lowest BCUT2D eigenvalue weighted by molar-refractivity contribution is 0.532. The molecule has 0 aliphatic rings. The van der Waals surface area contributed by atoms with Gasteiger partial charge in [-0.3, -0.25) is 0 Å². The molecular formula is C9H9ClN2OS2. The molecule has 2 rings (SSSR count). The van der Waals surface area contributed by atoms with Crippen LogP contribution in [0.15, 0.2) is 22.7 Å². The molecule has 6 heteroatoms. The van der Waals surface area contributed by atoms with Crippen molar-refractivity contribution in [2.75, 3.05) is 5.73 Å². The number of halogens is 1. The molecule has 0 radical (unpaired) electrons. The highest BCUT2D eigenvalue weighted by atomic mass is 35.5. The van der Waals surface area contributed by atoms with Crippen molar-refractivity contribution in [3.05, 3.63) is 34.2 Å². The van der Waals surface area contributed by atoms with Crippen LogP contribution in [-0.2, 0) is 11.5 Å². The molecule has 80 valence electrons. The molecule has 2 aromatic rings. The van der Waals surface area contributed by atoms with Crippen LogP contribution in [0.25, 0.3) is 0 Å².